The van der Waals surface area contributed by atoms with E-state index in [-0.39, 0.29) is 0 Å². The van der Waals surface area contributed by atoms with E-state index in [2.05, 4.69) is 28.8 Å². The van der Waals surface area contributed by atoms with Crippen LogP contribution in [0.15, 0.2) is 4.99 Å². The van der Waals surface area contributed by atoms with Crippen LogP contribution in [0.2, 0.25) is 0 Å². The van der Waals surface area contributed by atoms with Crippen molar-refractivity contribution in [1.29, 1.82) is 0 Å². The van der Waals surface area contributed by atoms with Gasteiger partial charge in [-0.1, -0.05) is 19.8 Å². The molecule has 2 N–H and O–H groups in total. The van der Waals surface area contributed by atoms with Crippen molar-refractivity contribution in [1.82, 2.24) is 10.6 Å². The van der Waals surface area contributed by atoms with Gasteiger partial charge in [-0.3, -0.25) is 4.99 Å². The summed E-state index contributed by atoms with van der Waals surface area (Å²) < 4.78 is 5.81. The molecule has 22 heavy (non-hydrogen) atoms. The normalized spacial score (nSPS) is 24.2. The van der Waals surface area contributed by atoms with Crippen molar-refractivity contribution in [3.63, 3.8) is 0 Å². The van der Waals surface area contributed by atoms with Crippen molar-refractivity contribution in [2.75, 3.05) is 39.6 Å². The summed E-state index contributed by atoms with van der Waals surface area (Å²) in [7, 11) is 1.87. The van der Waals surface area contributed by atoms with Gasteiger partial charge < -0.3 is 15.4 Å². The van der Waals surface area contributed by atoms with Crippen molar-refractivity contribution >= 4 is 17.7 Å². The second kappa shape index (κ2) is 8.44. The fourth-order valence-electron chi connectivity index (χ4n) is 3.71. The Hall–Kier alpha value is -0.420. The Labute approximate surface area is 140 Å². The summed E-state index contributed by atoms with van der Waals surface area (Å²) in [6, 6.07) is 0. The Morgan fingerprint density at radius 3 is 2.27 bits per heavy atom. The van der Waals surface area contributed by atoms with Gasteiger partial charge in [0.25, 0.3) is 0 Å². The summed E-state index contributed by atoms with van der Waals surface area (Å²) in [5.74, 6) is 0.958. The van der Waals surface area contributed by atoms with Crippen LogP contribution >= 0.6 is 11.8 Å². The molecule has 1 heterocycles. The molecule has 1 aliphatic carbocycles. The van der Waals surface area contributed by atoms with E-state index in [1.165, 1.54) is 32.1 Å². The number of hydrogen-bond acceptors (Lipinski definition) is 3. The lowest BCUT2D eigenvalue weighted by Gasteiger charge is -2.36. The molecule has 128 valence electrons. The molecule has 5 heteroatoms. The van der Waals surface area contributed by atoms with Crippen LogP contribution < -0.4 is 10.6 Å². The van der Waals surface area contributed by atoms with E-state index in [1.807, 2.05) is 18.8 Å². The Bertz CT molecular complexity index is 361. The Morgan fingerprint density at radius 1 is 1.09 bits per heavy atom. The van der Waals surface area contributed by atoms with Gasteiger partial charge in [0, 0.05) is 38.1 Å². The molecule has 0 amide bonds. The smallest absolute Gasteiger partial charge is 0.191 e. The second-order valence-electron chi connectivity index (χ2n) is 6.84. The molecule has 1 saturated heterocycles. The molecule has 1 saturated carbocycles. The zero-order valence-electron chi connectivity index (χ0n) is 14.5. The standard InChI is InChI=1S/C17H33N3OS/c1-4-16(7-5-6-8-16)13-19-15(18-2)20-14-17(22-3)9-11-21-12-10-17/h4-14H2,1-3H3,(H2,18,19,20). The summed E-state index contributed by atoms with van der Waals surface area (Å²) in [4.78, 5) is 4.42. The SMILES string of the molecule is CCC1(CNC(=NC)NCC2(SC)CCOCC2)CCCC1. The number of nitrogens with zero attached hydrogens (tertiary/aromatic N) is 1. The number of rotatable bonds is 6. The van der Waals surface area contributed by atoms with Crippen LogP contribution in [-0.2, 0) is 4.74 Å². The summed E-state index contributed by atoms with van der Waals surface area (Å²) in [5, 5.41) is 7.14. The number of guanidine groups is 1. The lowest BCUT2D eigenvalue weighted by Crippen LogP contribution is -2.49. The summed E-state index contributed by atoms with van der Waals surface area (Å²) in [6.45, 7) is 6.11. The van der Waals surface area contributed by atoms with Gasteiger partial charge in [0.2, 0.25) is 0 Å². The van der Waals surface area contributed by atoms with Gasteiger partial charge in [-0.15, -0.1) is 0 Å². The maximum Gasteiger partial charge on any atom is 0.191 e. The van der Waals surface area contributed by atoms with Crippen LogP contribution in [0.4, 0.5) is 0 Å². The zero-order chi connectivity index (χ0) is 15.9. The highest BCUT2D eigenvalue weighted by Gasteiger charge is 2.33. The topological polar surface area (TPSA) is 45.7 Å². The van der Waals surface area contributed by atoms with E-state index >= 15 is 0 Å². The first-order chi connectivity index (χ1) is 10.7. The molecule has 0 atom stereocenters. The van der Waals surface area contributed by atoms with Crippen molar-refractivity contribution in [2.24, 2.45) is 10.4 Å². The van der Waals surface area contributed by atoms with Crippen LogP contribution in [0.25, 0.3) is 0 Å². The largest absolute Gasteiger partial charge is 0.381 e. The number of thioether (sulfide) groups is 1. The molecule has 0 aromatic rings. The third-order valence-electron chi connectivity index (χ3n) is 5.68. The van der Waals surface area contributed by atoms with E-state index in [9.17, 15) is 0 Å². The molecule has 0 aromatic heterocycles. The molecule has 1 aliphatic heterocycles. The van der Waals surface area contributed by atoms with Gasteiger partial charge in [-0.2, -0.15) is 11.8 Å². The average molecular weight is 328 g/mol. The molecule has 0 radical (unpaired) electrons. The van der Waals surface area contributed by atoms with Gasteiger partial charge in [0.05, 0.1) is 0 Å². The van der Waals surface area contributed by atoms with E-state index in [0.29, 0.717) is 10.2 Å². The van der Waals surface area contributed by atoms with Crippen molar-refractivity contribution < 1.29 is 4.74 Å². The summed E-state index contributed by atoms with van der Waals surface area (Å²) in [6.07, 6.45) is 11.2. The lowest BCUT2D eigenvalue weighted by molar-refractivity contribution is 0.0782. The molecule has 4 nitrogen and oxygen atoms in total. The number of ether oxygens (including phenoxy) is 1. The Kier molecular flexibility index (Phi) is 6.87. The molecule has 2 fully saturated rings. The first-order valence-corrected chi connectivity index (χ1v) is 9.97. The van der Waals surface area contributed by atoms with Crippen LogP contribution in [0.1, 0.15) is 51.9 Å². The quantitative estimate of drug-likeness (QED) is 0.581. The molecule has 0 aromatic carbocycles. The number of nitrogens with one attached hydrogen (secondary N) is 2. The highest BCUT2D eigenvalue weighted by atomic mass is 32.2. The highest BCUT2D eigenvalue weighted by molar-refractivity contribution is 8.00. The molecule has 0 unspecified atom stereocenters. The molecule has 0 bridgehead atoms. The Balaban J connectivity index is 1.82. The van der Waals surface area contributed by atoms with Crippen LogP contribution in [-0.4, -0.2) is 50.3 Å². The predicted octanol–water partition coefficient (Wildman–Crippen LogP) is 3.03. The minimum Gasteiger partial charge on any atom is -0.381 e. The molecule has 2 aliphatic rings. The van der Waals surface area contributed by atoms with Crippen molar-refractivity contribution in [2.45, 2.75) is 56.6 Å². The van der Waals surface area contributed by atoms with Gasteiger partial charge in [0.15, 0.2) is 5.96 Å². The lowest BCUT2D eigenvalue weighted by atomic mass is 9.83. The van der Waals surface area contributed by atoms with Gasteiger partial charge in [-0.05, 0) is 43.8 Å². The third-order valence-corrected chi connectivity index (χ3v) is 7.10. The second-order valence-corrected chi connectivity index (χ2v) is 8.11. The van der Waals surface area contributed by atoms with Crippen molar-refractivity contribution in [3.05, 3.63) is 0 Å². The average Bonchev–Trinajstić information content (AvgIpc) is 3.05. The number of hydrogen-bond donors (Lipinski definition) is 2. The minimum atomic E-state index is 0.297. The third kappa shape index (κ3) is 4.54. The van der Waals surface area contributed by atoms with Crippen molar-refractivity contribution in [3.8, 4) is 0 Å². The van der Waals surface area contributed by atoms with Crippen LogP contribution in [0.3, 0.4) is 0 Å². The molecule has 2 rings (SSSR count). The summed E-state index contributed by atoms with van der Waals surface area (Å²) in [5.41, 5.74) is 0.494. The van der Waals surface area contributed by atoms with Gasteiger partial charge in [0.1, 0.15) is 0 Å². The molecule has 0 spiro atoms. The predicted molar refractivity (Wildman–Crippen MR) is 96.9 cm³/mol. The number of aliphatic imine (C=N–C) groups is 1. The first kappa shape index (κ1) is 17.9. The van der Waals surface area contributed by atoms with Crippen LogP contribution in [0.5, 0.6) is 0 Å². The maximum atomic E-state index is 5.52. The first-order valence-electron chi connectivity index (χ1n) is 8.75. The van der Waals surface area contributed by atoms with E-state index in [4.69, 9.17) is 4.74 Å². The highest BCUT2D eigenvalue weighted by Crippen LogP contribution is 2.40. The van der Waals surface area contributed by atoms with E-state index in [0.717, 1.165) is 45.1 Å². The Morgan fingerprint density at radius 2 is 1.73 bits per heavy atom. The van der Waals surface area contributed by atoms with Gasteiger partial charge in [-0.25, -0.2) is 0 Å². The minimum absolute atomic E-state index is 0.297. The molecular formula is C17H33N3OS. The maximum absolute atomic E-state index is 5.52. The molecular weight excluding hydrogens is 294 g/mol. The summed E-state index contributed by atoms with van der Waals surface area (Å²) >= 11 is 1.97. The monoisotopic (exact) mass is 327 g/mol. The fraction of sp³-hybridized carbons (Fsp3) is 0.941. The fourth-order valence-corrected chi connectivity index (χ4v) is 4.50. The zero-order valence-corrected chi connectivity index (χ0v) is 15.4. The van der Waals surface area contributed by atoms with Gasteiger partial charge >= 0.3 is 0 Å². The van der Waals surface area contributed by atoms with E-state index in [1.54, 1.807) is 0 Å². The van der Waals surface area contributed by atoms with Crippen LogP contribution in [0, 0.1) is 5.41 Å². The van der Waals surface area contributed by atoms with E-state index < -0.39 is 0 Å².